The first kappa shape index (κ1) is 17.0. The average molecular weight is 303 g/mol. The molecule has 1 aliphatic rings. The van der Waals surface area contributed by atoms with Gasteiger partial charge in [0, 0.05) is 32.7 Å². The lowest BCUT2D eigenvalue weighted by atomic mass is 10.1. The van der Waals surface area contributed by atoms with Crippen LogP contribution < -0.4 is 10.6 Å². The number of rotatable bonds is 6. The van der Waals surface area contributed by atoms with Crippen LogP contribution in [-0.4, -0.2) is 43.0 Å². The number of hydrogen-bond acceptors (Lipinski definition) is 3. The maximum Gasteiger partial charge on any atom is 0.237 e. The lowest BCUT2D eigenvalue weighted by molar-refractivity contribution is -0.125. The molecular weight excluding hydrogens is 274 g/mol. The monoisotopic (exact) mass is 303 g/mol. The van der Waals surface area contributed by atoms with Crippen molar-refractivity contribution in [1.82, 2.24) is 15.5 Å². The number of aryl methyl sites for hydroxylation is 1. The first-order valence-electron chi connectivity index (χ1n) is 8.24. The van der Waals surface area contributed by atoms with E-state index in [1.807, 2.05) is 0 Å². The lowest BCUT2D eigenvalue weighted by Crippen LogP contribution is -2.43. The lowest BCUT2D eigenvalue weighted by Gasteiger charge is -2.24. The third kappa shape index (κ3) is 4.55. The van der Waals surface area contributed by atoms with Crippen molar-refractivity contribution >= 4 is 5.91 Å². The summed E-state index contributed by atoms with van der Waals surface area (Å²) in [5.41, 5.74) is 2.59. The predicted molar refractivity (Wildman–Crippen MR) is 90.7 cm³/mol. The summed E-state index contributed by atoms with van der Waals surface area (Å²) < 4.78 is 0. The molecule has 2 N–H and O–H groups in total. The Morgan fingerprint density at radius 2 is 2.18 bits per heavy atom. The van der Waals surface area contributed by atoms with E-state index in [1.54, 1.807) is 7.05 Å². The van der Waals surface area contributed by atoms with Gasteiger partial charge in [-0.3, -0.25) is 9.69 Å². The standard InChI is InChI=1S/C18H29N3O/c1-13(2)11-21-12-16(9-17(21)18(22)19-4)20-10-15-7-5-6-14(3)8-15/h5-8,13,16-17,20H,9-12H2,1-4H3,(H,19,22)/t16-,17+/m1/s1. The number of carbonyl (C=O) groups excluding carboxylic acids is 1. The van der Waals surface area contributed by atoms with Crippen LogP contribution in [0, 0.1) is 12.8 Å². The van der Waals surface area contributed by atoms with Crippen LogP contribution in [0.5, 0.6) is 0 Å². The van der Waals surface area contributed by atoms with Crippen LogP contribution in [0.4, 0.5) is 0 Å². The van der Waals surface area contributed by atoms with Gasteiger partial charge >= 0.3 is 0 Å². The molecule has 1 aromatic carbocycles. The summed E-state index contributed by atoms with van der Waals surface area (Å²) >= 11 is 0. The van der Waals surface area contributed by atoms with Crippen LogP contribution in [0.15, 0.2) is 24.3 Å². The SMILES string of the molecule is CNC(=O)[C@@H]1C[C@@H](NCc2cccc(C)c2)CN1CC(C)C. The van der Waals surface area contributed by atoms with Gasteiger partial charge < -0.3 is 10.6 Å². The molecule has 122 valence electrons. The molecule has 0 saturated carbocycles. The Morgan fingerprint density at radius 1 is 1.41 bits per heavy atom. The van der Waals surface area contributed by atoms with Crippen molar-refractivity contribution in [3.8, 4) is 0 Å². The molecule has 1 heterocycles. The molecule has 1 aliphatic heterocycles. The topological polar surface area (TPSA) is 44.4 Å². The van der Waals surface area contributed by atoms with Gasteiger partial charge in [-0.25, -0.2) is 0 Å². The van der Waals surface area contributed by atoms with Crippen LogP contribution in [0.2, 0.25) is 0 Å². The maximum atomic E-state index is 12.1. The normalized spacial score (nSPS) is 22.2. The first-order valence-corrected chi connectivity index (χ1v) is 8.24. The van der Waals surface area contributed by atoms with E-state index in [4.69, 9.17) is 0 Å². The molecule has 0 unspecified atom stereocenters. The van der Waals surface area contributed by atoms with Crippen LogP contribution in [0.1, 0.15) is 31.4 Å². The number of nitrogens with one attached hydrogen (secondary N) is 2. The Bertz CT molecular complexity index is 501. The summed E-state index contributed by atoms with van der Waals surface area (Å²) in [6.45, 7) is 9.30. The van der Waals surface area contributed by atoms with Crippen molar-refractivity contribution in [3.63, 3.8) is 0 Å². The largest absolute Gasteiger partial charge is 0.358 e. The molecule has 22 heavy (non-hydrogen) atoms. The summed E-state index contributed by atoms with van der Waals surface area (Å²) in [5, 5.41) is 6.42. The van der Waals surface area contributed by atoms with Gasteiger partial charge in [0.15, 0.2) is 0 Å². The van der Waals surface area contributed by atoms with Crippen molar-refractivity contribution in [2.24, 2.45) is 5.92 Å². The fraction of sp³-hybridized carbons (Fsp3) is 0.611. The van der Waals surface area contributed by atoms with E-state index in [9.17, 15) is 4.79 Å². The first-order chi connectivity index (χ1) is 10.5. The average Bonchev–Trinajstić information content (AvgIpc) is 2.86. The number of hydrogen-bond donors (Lipinski definition) is 2. The minimum Gasteiger partial charge on any atom is -0.358 e. The van der Waals surface area contributed by atoms with Gasteiger partial charge in [-0.05, 0) is 24.8 Å². The number of likely N-dealkylation sites (N-methyl/N-ethyl adjacent to an activating group) is 1. The van der Waals surface area contributed by atoms with Crippen molar-refractivity contribution < 1.29 is 4.79 Å². The van der Waals surface area contributed by atoms with Crippen LogP contribution >= 0.6 is 0 Å². The molecule has 4 heteroatoms. The number of carbonyl (C=O) groups is 1. The molecule has 2 rings (SSSR count). The van der Waals surface area contributed by atoms with Crippen LogP contribution in [-0.2, 0) is 11.3 Å². The van der Waals surface area contributed by atoms with Gasteiger partial charge in [-0.2, -0.15) is 0 Å². The van der Waals surface area contributed by atoms with Crippen LogP contribution in [0.3, 0.4) is 0 Å². The highest BCUT2D eigenvalue weighted by Gasteiger charge is 2.36. The fourth-order valence-corrected chi connectivity index (χ4v) is 3.25. The molecular formula is C18H29N3O. The number of amides is 1. The van der Waals surface area contributed by atoms with Crippen molar-refractivity contribution in [1.29, 1.82) is 0 Å². The summed E-state index contributed by atoms with van der Waals surface area (Å²) in [6, 6.07) is 8.95. The third-order valence-corrected chi connectivity index (χ3v) is 4.23. The predicted octanol–water partition coefficient (Wildman–Crippen LogP) is 1.93. The molecule has 4 nitrogen and oxygen atoms in total. The molecule has 0 spiro atoms. The second-order valence-electron chi connectivity index (χ2n) is 6.78. The highest BCUT2D eigenvalue weighted by molar-refractivity contribution is 5.81. The van der Waals surface area contributed by atoms with Gasteiger partial charge in [-0.1, -0.05) is 43.7 Å². The molecule has 2 atom stereocenters. The molecule has 0 aliphatic carbocycles. The maximum absolute atomic E-state index is 12.1. The van der Waals surface area contributed by atoms with E-state index in [-0.39, 0.29) is 11.9 Å². The molecule has 1 saturated heterocycles. The van der Waals surface area contributed by atoms with Crippen molar-refractivity contribution in [2.75, 3.05) is 20.1 Å². The Kier molecular flexibility index (Phi) is 5.98. The van der Waals surface area contributed by atoms with Gasteiger partial charge in [0.25, 0.3) is 0 Å². The van der Waals surface area contributed by atoms with Crippen LogP contribution in [0.25, 0.3) is 0 Å². The summed E-state index contributed by atoms with van der Waals surface area (Å²) in [4.78, 5) is 14.4. The van der Waals surface area contributed by atoms with E-state index in [0.717, 1.165) is 26.1 Å². The molecule has 0 bridgehead atoms. The molecule has 1 aromatic rings. The Labute approximate surface area is 134 Å². The minimum absolute atomic E-state index is 0.00223. The van der Waals surface area contributed by atoms with E-state index >= 15 is 0 Å². The van der Waals surface area contributed by atoms with Gasteiger partial charge in [-0.15, -0.1) is 0 Å². The van der Waals surface area contributed by atoms with E-state index in [1.165, 1.54) is 11.1 Å². The van der Waals surface area contributed by atoms with E-state index in [0.29, 0.717) is 12.0 Å². The Hall–Kier alpha value is -1.39. The number of benzene rings is 1. The summed E-state index contributed by atoms with van der Waals surface area (Å²) in [5.74, 6) is 0.711. The molecule has 1 fully saturated rings. The fourth-order valence-electron chi connectivity index (χ4n) is 3.25. The molecule has 0 radical (unpaired) electrons. The zero-order valence-electron chi connectivity index (χ0n) is 14.2. The Morgan fingerprint density at radius 3 is 2.82 bits per heavy atom. The minimum atomic E-state index is 0.00223. The van der Waals surface area contributed by atoms with Gasteiger partial charge in [0.1, 0.15) is 0 Å². The van der Waals surface area contributed by atoms with Crippen molar-refractivity contribution in [3.05, 3.63) is 35.4 Å². The second kappa shape index (κ2) is 7.75. The van der Waals surface area contributed by atoms with E-state index < -0.39 is 0 Å². The second-order valence-corrected chi connectivity index (χ2v) is 6.78. The van der Waals surface area contributed by atoms with E-state index in [2.05, 4.69) is 60.6 Å². The molecule has 1 amide bonds. The summed E-state index contributed by atoms with van der Waals surface area (Å²) in [6.07, 6.45) is 0.887. The Balaban J connectivity index is 1.93. The zero-order valence-corrected chi connectivity index (χ0v) is 14.2. The number of likely N-dealkylation sites (tertiary alicyclic amines) is 1. The quantitative estimate of drug-likeness (QED) is 0.844. The van der Waals surface area contributed by atoms with Crippen molar-refractivity contribution in [2.45, 2.75) is 45.8 Å². The summed E-state index contributed by atoms with van der Waals surface area (Å²) in [7, 11) is 1.73. The zero-order chi connectivity index (χ0) is 16.1. The third-order valence-electron chi connectivity index (χ3n) is 4.23. The number of nitrogens with zero attached hydrogens (tertiary/aromatic N) is 1. The highest BCUT2D eigenvalue weighted by Crippen LogP contribution is 2.20. The van der Waals surface area contributed by atoms with Gasteiger partial charge in [0.2, 0.25) is 5.91 Å². The molecule has 0 aromatic heterocycles. The smallest absolute Gasteiger partial charge is 0.237 e. The van der Waals surface area contributed by atoms with Gasteiger partial charge in [0.05, 0.1) is 6.04 Å². The highest BCUT2D eigenvalue weighted by atomic mass is 16.2.